The van der Waals surface area contributed by atoms with Gasteiger partial charge in [0.2, 0.25) is 5.91 Å². The molecule has 1 N–H and O–H groups in total. The van der Waals surface area contributed by atoms with E-state index in [1.807, 2.05) is 18.2 Å². The van der Waals surface area contributed by atoms with Crippen molar-refractivity contribution < 1.29 is 9.18 Å². The van der Waals surface area contributed by atoms with Gasteiger partial charge < -0.3 is 9.88 Å². The van der Waals surface area contributed by atoms with Crippen LogP contribution < -0.4 is 10.9 Å². The number of carbonyl (C=O) groups excluding carboxylic acids is 1. The Balaban J connectivity index is 1.79. The largest absolute Gasteiger partial charge is 0.324 e. The third-order valence-electron chi connectivity index (χ3n) is 3.78. The van der Waals surface area contributed by atoms with Crippen LogP contribution in [-0.4, -0.2) is 15.5 Å². The van der Waals surface area contributed by atoms with Crippen molar-refractivity contribution in [3.05, 3.63) is 68.8 Å². The Kier molecular flexibility index (Phi) is 4.94. The van der Waals surface area contributed by atoms with E-state index in [1.165, 1.54) is 16.7 Å². The Morgan fingerprint density at radius 3 is 2.80 bits per heavy atom. The smallest absolute Gasteiger partial charge is 0.272 e. The average molecular weight is 404 g/mol. The lowest BCUT2D eigenvalue weighted by atomic mass is 10.2. The zero-order valence-electron chi connectivity index (χ0n) is 13.4. The van der Waals surface area contributed by atoms with Crippen LogP contribution >= 0.6 is 15.9 Å². The van der Waals surface area contributed by atoms with Crippen molar-refractivity contribution in [1.29, 1.82) is 0 Å². The lowest BCUT2D eigenvalue weighted by Gasteiger charge is -2.11. The van der Waals surface area contributed by atoms with Crippen molar-refractivity contribution >= 4 is 38.6 Å². The minimum Gasteiger partial charge on any atom is -0.324 e. The van der Waals surface area contributed by atoms with Gasteiger partial charge in [-0.3, -0.25) is 9.59 Å². The number of hydrogen-bond acceptors (Lipinski definition) is 3. The molecule has 0 aliphatic rings. The van der Waals surface area contributed by atoms with Gasteiger partial charge in [-0.05, 0) is 37.3 Å². The predicted molar refractivity (Wildman–Crippen MR) is 98.1 cm³/mol. The topological polar surface area (TPSA) is 64.0 Å². The molecule has 0 bridgehead atoms. The average Bonchev–Trinajstić information content (AvgIpc) is 2.58. The molecule has 0 saturated heterocycles. The Morgan fingerprint density at radius 2 is 2.04 bits per heavy atom. The molecule has 7 heteroatoms. The maximum atomic E-state index is 13.8. The quantitative estimate of drug-likeness (QED) is 0.723. The molecule has 1 aromatic heterocycles. The highest BCUT2D eigenvalue weighted by Gasteiger charge is 2.11. The van der Waals surface area contributed by atoms with E-state index < -0.39 is 5.82 Å². The van der Waals surface area contributed by atoms with Gasteiger partial charge in [0.1, 0.15) is 11.5 Å². The van der Waals surface area contributed by atoms with Crippen molar-refractivity contribution in [3.63, 3.8) is 0 Å². The van der Waals surface area contributed by atoms with Crippen LogP contribution in [0.1, 0.15) is 12.1 Å². The van der Waals surface area contributed by atoms with Gasteiger partial charge in [-0.15, -0.1) is 0 Å². The molecule has 0 atom stereocenters. The number of fused-ring (bicyclic) bond motifs is 1. The molecular weight excluding hydrogens is 389 g/mol. The van der Waals surface area contributed by atoms with Crippen LogP contribution in [0.2, 0.25) is 0 Å². The first-order chi connectivity index (χ1) is 12.0. The minimum atomic E-state index is -0.523. The first-order valence-electron chi connectivity index (χ1n) is 7.67. The molecule has 0 radical (unpaired) electrons. The fraction of sp³-hybridized carbons (Fsp3) is 0.167. The van der Waals surface area contributed by atoms with Crippen LogP contribution in [0.25, 0.3) is 11.0 Å². The number of carbonyl (C=O) groups is 1. The lowest BCUT2D eigenvalue weighted by Crippen LogP contribution is -2.26. The summed E-state index contributed by atoms with van der Waals surface area (Å²) in [5.41, 5.74) is 1.61. The number of nitrogens with zero attached hydrogens (tertiary/aromatic N) is 2. The van der Waals surface area contributed by atoms with Gasteiger partial charge in [-0.1, -0.05) is 28.1 Å². The number of benzene rings is 2. The third-order valence-corrected chi connectivity index (χ3v) is 4.28. The van der Waals surface area contributed by atoms with E-state index in [9.17, 15) is 14.0 Å². The Hall–Kier alpha value is -2.54. The highest BCUT2D eigenvalue weighted by atomic mass is 79.9. The molecule has 0 fully saturated rings. The summed E-state index contributed by atoms with van der Waals surface area (Å²) in [5.74, 6) is -0.892. The number of aromatic nitrogens is 2. The number of para-hydroxylation sites is 2. The fourth-order valence-electron chi connectivity index (χ4n) is 2.56. The molecule has 128 valence electrons. The molecule has 1 amide bonds. The van der Waals surface area contributed by atoms with E-state index >= 15 is 0 Å². The Bertz CT molecular complexity index is 1020. The highest BCUT2D eigenvalue weighted by molar-refractivity contribution is 9.10. The molecule has 3 rings (SSSR count). The van der Waals surface area contributed by atoms with Crippen LogP contribution in [0.4, 0.5) is 10.1 Å². The van der Waals surface area contributed by atoms with Crippen molar-refractivity contribution in [2.45, 2.75) is 19.9 Å². The Morgan fingerprint density at radius 1 is 1.28 bits per heavy atom. The third kappa shape index (κ3) is 3.76. The van der Waals surface area contributed by atoms with Crippen LogP contribution in [0.5, 0.6) is 0 Å². The molecule has 0 aliphatic carbocycles. The molecule has 3 aromatic rings. The maximum Gasteiger partial charge on any atom is 0.272 e. The molecule has 0 unspecified atom stereocenters. The zero-order valence-corrected chi connectivity index (χ0v) is 15.0. The van der Waals surface area contributed by atoms with E-state index in [4.69, 9.17) is 0 Å². The summed E-state index contributed by atoms with van der Waals surface area (Å²) in [7, 11) is 0. The van der Waals surface area contributed by atoms with Crippen LogP contribution in [0.15, 0.2) is 51.7 Å². The summed E-state index contributed by atoms with van der Waals surface area (Å²) in [6, 6.07) is 11.7. The van der Waals surface area contributed by atoms with E-state index in [1.54, 1.807) is 19.1 Å². The van der Waals surface area contributed by atoms with Crippen molar-refractivity contribution in [3.8, 4) is 0 Å². The second-order valence-electron chi connectivity index (χ2n) is 5.57. The van der Waals surface area contributed by atoms with Crippen molar-refractivity contribution in [1.82, 2.24) is 9.55 Å². The lowest BCUT2D eigenvalue weighted by molar-refractivity contribution is -0.116. The van der Waals surface area contributed by atoms with E-state index in [0.717, 1.165) is 0 Å². The molecule has 0 saturated carbocycles. The molecule has 5 nitrogen and oxygen atoms in total. The Labute approximate surface area is 151 Å². The first-order valence-corrected chi connectivity index (χ1v) is 8.46. The van der Waals surface area contributed by atoms with Gasteiger partial charge in [-0.25, -0.2) is 9.37 Å². The van der Waals surface area contributed by atoms with E-state index in [0.29, 0.717) is 21.2 Å². The maximum absolute atomic E-state index is 13.8. The number of amides is 1. The van der Waals surface area contributed by atoms with Gasteiger partial charge in [-0.2, -0.15) is 0 Å². The minimum absolute atomic E-state index is 0.0445. The van der Waals surface area contributed by atoms with Gasteiger partial charge in [0.25, 0.3) is 5.56 Å². The molecular formula is C18H15BrFN3O2. The van der Waals surface area contributed by atoms with Crippen LogP contribution in [-0.2, 0) is 11.3 Å². The number of nitrogens with one attached hydrogen (secondary N) is 1. The van der Waals surface area contributed by atoms with Crippen LogP contribution in [0, 0.1) is 12.7 Å². The van der Waals surface area contributed by atoms with E-state index in [-0.39, 0.29) is 30.1 Å². The number of halogens is 2. The summed E-state index contributed by atoms with van der Waals surface area (Å²) in [4.78, 5) is 28.7. The summed E-state index contributed by atoms with van der Waals surface area (Å²) < 4.78 is 15.9. The standard InChI is InChI=1S/C18H15BrFN3O2/c1-11-18(25)23(16-5-3-2-4-15(16)21-11)9-8-17(24)22-14-7-6-12(19)10-13(14)20/h2-7,10H,8-9H2,1H3,(H,22,24). The normalized spacial score (nSPS) is 10.8. The summed E-state index contributed by atoms with van der Waals surface area (Å²) >= 11 is 3.16. The fourth-order valence-corrected chi connectivity index (χ4v) is 2.89. The van der Waals surface area contributed by atoms with Gasteiger partial charge in [0, 0.05) is 17.4 Å². The first kappa shape index (κ1) is 17.3. The van der Waals surface area contributed by atoms with Crippen LogP contribution in [0.3, 0.4) is 0 Å². The molecule has 2 aromatic carbocycles. The SMILES string of the molecule is Cc1nc2ccccc2n(CCC(=O)Nc2ccc(Br)cc2F)c1=O. The summed E-state index contributed by atoms with van der Waals surface area (Å²) in [5, 5.41) is 2.52. The predicted octanol–water partition coefficient (Wildman–Crippen LogP) is 3.64. The number of hydrogen-bond donors (Lipinski definition) is 1. The van der Waals surface area contributed by atoms with Crippen molar-refractivity contribution in [2.75, 3.05) is 5.32 Å². The second-order valence-corrected chi connectivity index (χ2v) is 6.48. The number of rotatable bonds is 4. The van der Waals surface area contributed by atoms with Gasteiger partial charge >= 0.3 is 0 Å². The monoisotopic (exact) mass is 403 g/mol. The van der Waals surface area contributed by atoms with Gasteiger partial charge in [0.15, 0.2) is 0 Å². The molecule has 0 aliphatic heterocycles. The van der Waals surface area contributed by atoms with E-state index in [2.05, 4.69) is 26.2 Å². The molecule has 1 heterocycles. The van der Waals surface area contributed by atoms with Crippen molar-refractivity contribution in [2.24, 2.45) is 0 Å². The second kappa shape index (κ2) is 7.14. The highest BCUT2D eigenvalue weighted by Crippen LogP contribution is 2.19. The zero-order chi connectivity index (χ0) is 18.0. The number of anilines is 1. The molecule has 0 spiro atoms. The molecule has 25 heavy (non-hydrogen) atoms. The van der Waals surface area contributed by atoms with Gasteiger partial charge in [0.05, 0.1) is 16.7 Å². The number of aryl methyl sites for hydroxylation is 2. The summed E-state index contributed by atoms with van der Waals surface area (Å²) in [6.45, 7) is 1.83. The summed E-state index contributed by atoms with van der Waals surface area (Å²) in [6.07, 6.45) is 0.0445.